The summed E-state index contributed by atoms with van der Waals surface area (Å²) in [5.74, 6) is 1.68. The average Bonchev–Trinajstić information content (AvgIpc) is 3.30. The van der Waals surface area contributed by atoms with Crippen LogP contribution >= 0.6 is 0 Å². The van der Waals surface area contributed by atoms with Crippen LogP contribution in [0.4, 0.5) is 11.4 Å². The second-order valence-corrected chi connectivity index (χ2v) is 19.0. The van der Waals surface area contributed by atoms with Crippen LogP contribution in [0.2, 0.25) is 0 Å². The zero-order chi connectivity index (χ0) is 49.3. The van der Waals surface area contributed by atoms with Gasteiger partial charge in [-0.25, -0.2) is 0 Å². The molecule has 8 rings (SSSR count). The Labute approximate surface area is 457 Å². The van der Waals surface area contributed by atoms with Gasteiger partial charge >= 0.3 is 34.7 Å². The van der Waals surface area contributed by atoms with E-state index in [0.717, 1.165) is 33.7 Å². The molecule has 0 atom stereocenters. The summed E-state index contributed by atoms with van der Waals surface area (Å²) in [5.41, 5.74) is 20.8. The van der Waals surface area contributed by atoms with Gasteiger partial charge in [0, 0.05) is 0 Å². The van der Waals surface area contributed by atoms with Gasteiger partial charge in [-0.15, -0.1) is 0 Å². The molecule has 2 aromatic heterocycles. The molecule has 0 amide bonds. The molecule has 2 heterocycles. The fraction of sp³-hybridized carbons (Fsp3) is 0.273. The molecule has 0 bridgehead atoms. The molecule has 0 radical (unpaired) electrons. The smallest absolute Gasteiger partial charge is 0.436 e. The van der Waals surface area contributed by atoms with Crippen molar-refractivity contribution < 1.29 is 34.7 Å². The zero-order valence-corrected chi connectivity index (χ0v) is 48.6. The van der Waals surface area contributed by atoms with Gasteiger partial charge in [-0.05, 0) is 144 Å². The van der Waals surface area contributed by atoms with Crippen LogP contribution in [0.3, 0.4) is 0 Å². The molecule has 0 saturated heterocycles. The molecular weight excluding hydrogens is 953 g/mol. The topological polar surface area (TPSA) is 52.9 Å². The maximum absolute atomic E-state index is 5.02. The van der Waals surface area contributed by atoms with Crippen molar-refractivity contribution in [1.29, 1.82) is 0 Å². The molecule has 6 aromatic carbocycles. The van der Waals surface area contributed by atoms with Crippen LogP contribution in [0.25, 0.3) is 22.5 Å². The fourth-order valence-corrected chi connectivity index (χ4v) is 8.27. The van der Waals surface area contributed by atoms with Crippen LogP contribution in [-0.2, 0) is 34.7 Å². The van der Waals surface area contributed by atoms with Crippen molar-refractivity contribution in [2.75, 3.05) is 0 Å². The molecule has 0 spiro atoms. The van der Waals surface area contributed by atoms with Crippen molar-refractivity contribution in [1.82, 2.24) is 9.97 Å². The number of aromatic nitrogens is 2. The standard InChI is InChI=1S/2C25H29N2.2C7H8.2CH3.2Cr/c2*1-16(2)20-12-8-13-21(17(3)4)25(20)27-23-15-9-14-22(26-23)24-18(5)10-7-11-19(24)6;2*1-7-5-3-2-4-6-7;;;;/h2*7-17H,1-6H3;2*2-6H,1H3;2*1H3;;/q2*-1;;;2*-1;2*+2. The minimum Gasteiger partial charge on any atom is -0.436 e. The van der Waals surface area contributed by atoms with E-state index in [4.69, 9.17) is 20.0 Å². The fourth-order valence-electron chi connectivity index (χ4n) is 8.27. The van der Waals surface area contributed by atoms with Crippen molar-refractivity contribution >= 4 is 11.4 Å². The summed E-state index contributed by atoms with van der Waals surface area (Å²) in [5, 5.41) is 0. The minimum atomic E-state index is 0. The van der Waals surface area contributed by atoms with Gasteiger partial charge in [-0.2, -0.15) is 0 Å². The predicted molar refractivity (Wildman–Crippen MR) is 304 cm³/mol. The van der Waals surface area contributed by atoms with E-state index in [1.54, 1.807) is 0 Å². The van der Waals surface area contributed by atoms with Gasteiger partial charge < -0.3 is 34.8 Å². The Hall–Kier alpha value is -5.72. The molecule has 72 heavy (non-hydrogen) atoms. The van der Waals surface area contributed by atoms with E-state index in [1.165, 1.54) is 66.8 Å². The zero-order valence-electron chi connectivity index (χ0n) is 46.1. The first-order chi connectivity index (χ1) is 32.5. The number of nitrogens with zero attached hydrogens (tertiary/aromatic N) is 4. The van der Waals surface area contributed by atoms with Gasteiger partial charge in [0.05, 0.1) is 0 Å². The van der Waals surface area contributed by atoms with Gasteiger partial charge in [-0.3, -0.25) is 0 Å². The van der Waals surface area contributed by atoms with Crippen molar-refractivity contribution in [3.8, 4) is 22.5 Å². The Morgan fingerprint density at radius 1 is 0.306 bits per heavy atom. The quantitative estimate of drug-likeness (QED) is 0.142. The van der Waals surface area contributed by atoms with Crippen LogP contribution in [0.1, 0.15) is 135 Å². The number of para-hydroxylation sites is 2. The van der Waals surface area contributed by atoms with Crippen LogP contribution in [0.15, 0.2) is 180 Å². The first-order valence-electron chi connectivity index (χ1n) is 24.3. The average molecular weight is 1030 g/mol. The molecule has 0 N–H and O–H groups in total. The van der Waals surface area contributed by atoms with Gasteiger partial charge in [0.2, 0.25) is 0 Å². The third-order valence-corrected chi connectivity index (χ3v) is 12.0. The van der Waals surface area contributed by atoms with Crippen LogP contribution in [0.5, 0.6) is 0 Å². The Balaban J connectivity index is 0.000000542. The van der Waals surface area contributed by atoms with E-state index >= 15 is 0 Å². The minimum absolute atomic E-state index is 0. The first-order valence-corrected chi connectivity index (χ1v) is 24.3. The number of aryl methyl sites for hydroxylation is 6. The second-order valence-electron chi connectivity index (χ2n) is 19.0. The summed E-state index contributed by atoms with van der Waals surface area (Å²) in [6, 6.07) is 58.5. The molecule has 0 aliphatic heterocycles. The number of hydrogen-bond donors (Lipinski definition) is 0. The van der Waals surface area contributed by atoms with E-state index in [1.807, 2.05) is 48.5 Å². The van der Waals surface area contributed by atoms with Crippen LogP contribution in [0, 0.1) is 56.4 Å². The van der Waals surface area contributed by atoms with Crippen molar-refractivity contribution in [2.45, 2.75) is 121 Å². The number of pyridine rings is 2. The summed E-state index contributed by atoms with van der Waals surface area (Å²) in [6.45, 7) is 30.5. The molecule has 4 nitrogen and oxygen atoms in total. The van der Waals surface area contributed by atoms with E-state index in [2.05, 4.69) is 218 Å². The summed E-state index contributed by atoms with van der Waals surface area (Å²) < 4.78 is 0. The third-order valence-electron chi connectivity index (χ3n) is 12.0. The van der Waals surface area contributed by atoms with Crippen molar-refractivity contribution in [3.63, 3.8) is 0 Å². The summed E-state index contributed by atoms with van der Waals surface area (Å²) in [7, 11) is 0. The molecular formula is C66H80Cr2N4. The van der Waals surface area contributed by atoms with Crippen molar-refractivity contribution in [2.24, 2.45) is 9.98 Å². The number of benzene rings is 6. The molecule has 8 aromatic rings. The van der Waals surface area contributed by atoms with Crippen LogP contribution in [-0.4, -0.2) is 0 Å². The molecule has 0 saturated carbocycles. The molecule has 0 aliphatic rings. The molecule has 376 valence electrons. The molecule has 0 aliphatic carbocycles. The maximum Gasteiger partial charge on any atom is 2.00 e. The van der Waals surface area contributed by atoms with Crippen LogP contribution < -0.4 is 20.9 Å². The summed E-state index contributed by atoms with van der Waals surface area (Å²) >= 11 is 0. The Morgan fingerprint density at radius 2 is 0.556 bits per heavy atom. The molecule has 0 unspecified atom stereocenters. The second kappa shape index (κ2) is 31.7. The Bertz CT molecular complexity index is 2680. The Morgan fingerprint density at radius 3 is 0.792 bits per heavy atom. The third kappa shape index (κ3) is 18.4. The van der Waals surface area contributed by atoms with Gasteiger partial charge in [0.1, 0.15) is 0 Å². The van der Waals surface area contributed by atoms with E-state index in [0.29, 0.717) is 23.7 Å². The predicted octanol–water partition coefficient (Wildman–Crippen LogP) is 17.7. The first kappa shape index (κ1) is 64.3. The van der Waals surface area contributed by atoms with Gasteiger partial charge in [-0.1, -0.05) is 247 Å². The normalized spacial score (nSPS) is 10.9. The van der Waals surface area contributed by atoms with Crippen molar-refractivity contribution in [3.05, 3.63) is 251 Å². The SMILES string of the molecule is Cc1cccc(C)c1-c1cccc(=Nc2c(C(C)C)cccc2C(C)C)[n-]1.Cc1cccc(C)c1-c1cccc(=Nc2c(C(C)C)cccc2C(C)C)[n-]1.Cc1ccccc1.Cc1ccccc1.[CH3-].[CH3-].[Cr+2].[Cr+2]. The molecule has 0 fully saturated rings. The maximum atomic E-state index is 5.02. The van der Waals surface area contributed by atoms with E-state index < -0.39 is 0 Å². The summed E-state index contributed by atoms with van der Waals surface area (Å²) in [6.07, 6.45) is 0. The molecule has 6 heteroatoms. The Kier molecular flexibility index (Phi) is 28.3. The largest absolute Gasteiger partial charge is 2.00 e. The number of rotatable bonds is 8. The number of hydrogen-bond acceptors (Lipinski definition) is 2. The summed E-state index contributed by atoms with van der Waals surface area (Å²) in [4.78, 5) is 19.8. The van der Waals surface area contributed by atoms with Gasteiger partial charge in [0.25, 0.3) is 0 Å². The van der Waals surface area contributed by atoms with E-state index in [-0.39, 0.29) is 49.6 Å². The monoisotopic (exact) mass is 1030 g/mol. The van der Waals surface area contributed by atoms with E-state index in [9.17, 15) is 0 Å². The van der Waals surface area contributed by atoms with Gasteiger partial charge in [0.15, 0.2) is 0 Å².